The summed E-state index contributed by atoms with van der Waals surface area (Å²) in [5.74, 6) is 5.77. The zero-order valence-corrected chi connectivity index (χ0v) is 12.0. The Morgan fingerprint density at radius 2 is 1.86 bits per heavy atom. The highest BCUT2D eigenvalue weighted by molar-refractivity contribution is 6.30. The van der Waals surface area contributed by atoms with Crippen molar-refractivity contribution in [2.24, 2.45) is 5.84 Å². The molecule has 1 aromatic heterocycles. The van der Waals surface area contributed by atoms with Gasteiger partial charge in [-0.15, -0.1) is 0 Å². The molecule has 4 nitrogen and oxygen atoms in total. The summed E-state index contributed by atoms with van der Waals surface area (Å²) < 4.78 is 0. The second kappa shape index (κ2) is 5.69. The quantitative estimate of drug-likeness (QED) is 0.395. The van der Waals surface area contributed by atoms with Gasteiger partial charge in [0.05, 0.1) is 11.6 Å². The van der Waals surface area contributed by atoms with E-state index in [1.807, 2.05) is 36.4 Å². The normalized spacial score (nSPS) is 12.5. The molecule has 2 aromatic carbocycles. The zero-order valence-electron chi connectivity index (χ0n) is 11.3. The van der Waals surface area contributed by atoms with Gasteiger partial charge in [-0.1, -0.05) is 41.9 Å². The van der Waals surface area contributed by atoms with Crippen LogP contribution in [-0.4, -0.2) is 4.98 Å². The number of nitrogens with zero attached hydrogens (tertiary/aromatic N) is 1. The second-order valence-electron chi connectivity index (χ2n) is 4.80. The third-order valence-corrected chi connectivity index (χ3v) is 3.74. The van der Waals surface area contributed by atoms with Gasteiger partial charge in [0.25, 0.3) is 0 Å². The van der Waals surface area contributed by atoms with Crippen LogP contribution >= 0.6 is 11.6 Å². The fourth-order valence-electron chi connectivity index (χ4n) is 2.52. The van der Waals surface area contributed by atoms with Crippen LogP contribution in [-0.2, 0) is 0 Å². The van der Waals surface area contributed by atoms with Crippen molar-refractivity contribution in [2.45, 2.75) is 6.04 Å². The Kier molecular flexibility index (Phi) is 3.75. The SMILES string of the molecule is NNC(c1ccc(Cl)cc1N)c1cccc2cccnc12. The van der Waals surface area contributed by atoms with E-state index in [1.54, 1.807) is 18.3 Å². The summed E-state index contributed by atoms with van der Waals surface area (Å²) in [6.07, 6.45) is 1.77. The van der Waals surface area contributed by atoms with E-state index in [2.05, 4.69) is 10.4 Å². The van der Waals surface area contributed by atoms with Gasteiger partial charge in [-0.25, -0.2) is 5.43 Å². The molecule has 3 aromatic rings. The Morgan fingerprint density at radius 3 is 2.62 bits per heavy atom. The van der Waals surface area contributed by atoms with Gasteiger partial charge in [-0.3, -0.25) is 10.8 Å². The summed E-state index contributed by atoms with van der Waals surface area (Å²) in [6, 6.07) is 15.1. The number of nitrogens with one attached hydrogen (secondary N) is 1. The first-order chi connectivity index (χ1) is 10.2. The summed E-state index contributed by atoms with van der Waals surface area (Å²) in [7, 11) is 0. The van der Waals surface area contributed by atoms with Crippen LogP contribution in [0.15, 0.2) is 54.7 Å². The molecule has 5 heteroatoms. The molecule has 0 radical (unpaired) electrons. The maximum absolute atomic E-state index is 6.08. The fourth-order valence-corrected chi connectivity index (χ4v) is 2.70. The lowest BCUT2D eigenvalue weighted by atomic mass is 9.95. The maximum Gasteiger partial charge on any atom is 0.0753 e. The molecule has 106 valence electrons. The monoisotopic (exact) mass is 298 g/mol. The van der Waals surface area contributed by atoms with Crippen LogP contribution < -0.4 is 17.0 Å². The van der Waals surface area contributed by atoms with E-state index in [0.717, 1.165) is 22.0 Å². The lowest BCUT2D eigenvalue weighted by molar-refractivity contribution is 0.641. The summed E-state index contributed by atoms with van der Waals surface area (Å²) in [4.78, 5) is 4.46. The topological polar surface area (TPSA) is 77.0 Å². The molecule has 0 aliphatic carbocycles. The number of fused-ring (bicyclic) bond motifs is 1. The van der Waals surface area contributed by atoms with Crippen molar-refractivity contribution in [3.8, 4) is 0 Å². The van der Waals surface area contributed by atoms with E-state index in [9.17, 15) is 0 Å². The third-order valence-electron chi connectivity index (χ3n) is 3.50. The summed E-state index contributed by atoms with van der Waals surface area (Å²) in [5.41, 5.74) is 12.3. The molecule has 1 heterocycles. The Morgan fingerprint density at radius 1 is 1.05 bits per heavy atom. The highest BCUT2D eigenvalue weighted by Crippen LogP contribution is 2.31. The van der Waals surface area contributed by atoms with Crippen LogP contribution in [0.5, 0.6) is 0 Å². The van der Waals surface area contributed by atoms with E-state index >= 15 is 0 Å². The van der Waals surface area contributed by atoms with E-state index in [0.29, 0.717) is 10.7 Å². The lowest BCUT2D eigenvalue weighted by Gasteiger charge is -2.20. The molecule has 21 heavy (non-hydrogen) atoms. The minimum absolute atomic E-state index is 0.249. The fraction of sp³-hybridized carbons (Fsp3) is 0.0625. The number of aromatic nitrogens is 1. The first-order valence-electron chi connectivity index (χ1n) is 6.55. The van der Waals surface area contributed by atoms with Crippen molar-refractivity contribution >= 4 is 28.2 Å². The Balaban J connectivity index is 2.18. The lowest BCUT2D eigenvalue weighted by Crippen LogP contribution is -2.29. The number of hydrogen-bond donors (Lipinski definition) is 3. The maximum atomic E-state index is 6.08. The highest BCUT2D eigenvalue weighted by Gasteiger charge is 2.18. The molecule has 0 saturated heterocycles. The van der Waals surface area contributed by atoms with Gasteiger partial charge in [0, 0.05) is 27.9 Å². The predicted octanol–water partition coefficient (Wildman–Crippen LogP) is 3.02. The van der Waals surface area contributed by atoms with Gasteiger partial charge in [-0.05, 0) is 23.8 Å². The van der Waals surface area contributed by atoms with Gasteiger partial charge in [0.15, 0.2) is 0 Å². The average Bonchev–Trinajstić information content (AvgIpc) is 2.50. The van der Waals surface area contributed by atoms with Crippen molar-refractivity contribution in [1.82, 2.24) is 10.4 Å². The Bertz CT molecular complexity index is 783. The van der Waals surface area contributed by atoms with Gasteiger partial charge < -0.3 is 5.73 Å². The molecule has 0 amide bonds. The molecule has 1 atom stereocenters. The molecule has 0 saturated carbocycles. The van der Waals surface area contributed by atoms with Crippen LogP contribution in [0.25, 0.3) is 10.9 Å². The highest BCUT2D eigenvalue weighted by atomic mass is 35.5. The third kappa shape index (κ3) is 2.56. The number of rotatable bonds is 3. The van der Waals surface area contributed by atoms with Gasteiger partial charge in [0.1, 0.15) is 0 Å². The number of anilines is 1. The van der Waals surface area contributed by atoms with Gasteiger partial charge in [-0.2, -0.15) is 0 Å². The molecule has 0 aliphatic heterocycles. The molecule has 0 bridgehead atoms. The standard InChI is InChI=1S/C16H15ClN4/c17-11-6-7-12(14(18)9-11)16(21-19)13-5-1-3-10-4-2-8-20-15(10)13/h1-9,16,21H,18-19H2. The molecule has 3 rings (SSSR count). The van der Waals surface area contributed by atoms with Crippen molar-refractivity contribution < 1.29 is 0 Å². The van der Waals surface area contributed by atoms with Crippen LogP contribution in [0.4, 0.5) is 5.69 Å². The van der Waals surface area contributed by atoms with Crippen LogP contribution in [0.1, 0.15) is 17.2 Å². The zero-order chi connectivity index (χ0) is 14.8. The first kappa shape index (κ1) is 13.8. The average molecular weight is 299 g/mol. The molecular weight excluding hydrogens is 284 g/mol. The number of hydrazine groups is 1. The van der Waals surface area contributed by atoms with Crippen molar-refractivity contribution in [1.29, 1.82) is 0 Å². The predicted molar refractivity (Wildman–Crippen MR) is 86.8 cm³/mol. The summed E-state index contributed by atoms with van der Waals surface area (Å²) >= 11 is 5.96. The van der Waals surface area contributed by atoms with Crippen LogP contribution in [0, 0.1) is 0 Å². The Hall–Kier alpha value is -2.14. The molecule has 0 fully saturated rings. The molecular formula is C16H15ClN4. The van der Waals surface area contributed by atoms with E-state index in [-0.39, 0.29) is 6.04 Å². The smallest absolute Gasteiger partial charge is 0.0753 e. The first-order valence-corrected chi connectivity index (χ1v) is 6.93. The Labute approximate surface area is 127 Å². The molecule has 5 N–H and O–H groups in total. The molecule has 0 spiro atoms. The number of halogens is 1. The number of nitrogens with two attached hydrogens (primary N) is 2. The number of hydrogen-bond acceptors (Lipinski definition) is 4. The number of nitrogen functional groups attached to an aromatic ring is 1. The van der Waals surface area contributed by atoms with E-state index in [1.165, 1.54) is 0 Å². The summed E-state index contributed by atoms with van der Waals surface area (Å²) in [5, 5.41) is 1.66. The number of pyridine rings is 1. The summed E-state index contributed by atoms with van der Waals surface area (Å²) in [6.45, 7) is 0. The van der Waals surface area contributed by atoms with Gasteiger partial charge in [0.2, 0.25) is 0 Å². The molecule has 0 aliphatic rings. The number of benzene rings is 2. The molecule has 1 unspecified atom stereocenters. The van der Waals surface area contributed by atoms with Crippen LogP contribution in [0.2, 0.25) is 5.02 Å². The van der Waals surface area contributed by atoms with Gasteiger partial charge >= 0.3 is 0 Å². The second-order valence-corrected chi connectivity index (χ2v) is 5.23. The van der Waals surface area contributed by atoms with E-state index < -0.39 is 0 Å². The van der Waals surface area contributed by atoms with Crippen molar-refractivity contribution in [2.75, 3.05) is 5.73 Å². The minimum Gasteiger partial charge on any atom is -0.398 e. The van der Waals surface area contributed by atoms with Crippen molar-refractivity contribution in [3.05, 3.63) is 70.9 Å². The van der Waals surface area contributed by atoms with Crippen LogP contribution in [0.3, 0.4) is 0 Å². The minimum atomic E-state index is -0.249. The van der Waals surface area contributed by atoms with Crippen molar-refractivity contribution in [3.63, 3.8) is 0 Å². The largest absolute Gasteiger partial charge is 0.398 e. The van der Waals surface area contributed by atoms with E-state index in [4.69, 9.17) is 23.2 Å². The number of para-hydroxylation sites is 1.